The highest BCUT2D eigenvalue weighted by Gasteiger charge is 2.08. The third-order valence-corrected chi connectivity index (χ3v) is 2.92. The van der Waals surface area contributed by atoms with Crippen LogP contribution in [0.4, 0.5) is 11.5 Å². The van der Waals surface area contributed by atoms with Crippen LogP contribution in [0.15, 0.2) is 16.9 Å². The molecule has 0 spiro atoms. The lowest BCUT2D eigenvalue weighted by Gasteiger charge is -2.03. The molecule has 0 unspecified atom stereocenters. The Kier molecular flexibility index (Phi) is 3.00. The van der Waals surface area contributed by atoms with Gasteiger partial charge in [-0.2, -0.15) is 10.2 Å². The number of rotatable bonds is 3. The number of nitrogens with one attached hydrogen (secondary N) is 1. The van der Waals surface area contributed by atoms with E-state index in [2.05, 4.69) is 38.4 Å². The molecule has 1 N–H and O–H groups in total. The van der Waals surface area contributed by atoms with Crippen molar-refractivity contribution < 1.29 is 0 Å². The molecular formula is C10H14BrN5. The van der Waals surface area contributed by atoms with Gasteiger partial charge in [0.15, 0.2) is 4.60 Å². The van der Waals surface area contributed by atoms with Crippen LogP contribution < -0.4 is 5.32 Å². The Labute approximate surface area is 103 Å². The minimum Gasteiger partial charge on any atom is -0.337 e. The Hall–Kier alpha value is -1.30. The van der Waals surface area contributed by atoms with E-state index in [1.165, 1.54) is 0 Å². The second-order valence-corrected chi connectivity index (χ2v) is 4.38. The molecule has 6 heteroatoms. The third-order valence-electron chi connectivity index (χ3n) is 2.34. The van der Waals surface area contributed by atoms with E-state index in [1.807, 2.05) is 31.0 Å². The van der Waals surface area contributed by atoms with Crippen molar-refractivity contribution in [2.24, 2.45) is 14.1 Å². The van der Waals surface area contributed by atoms with Gasteiger partial charge in [-0.05, 0) is 22.4 Å². The fourth-order valence-electron chi connectivity index (χ4n) is 1.50. The van der Waals surface area contributed by atoms with Crippen LogP contribution >= 0.6 is 15.9 Å². The van der Waals surface area contributed by atoms with Crippen molar-refractivity contribution in [3.63, 3.8) is 0 Å². The molecule has 0 atom stereocenters. The maximum Gasteiger partial charge on any atom is 0.151 e. The van der Waals surface area contributed by atoms with E-state index >= 15 is 0 Å². The lowest BCUT2D eigenvalue weighted by Crippen LogP contribution is -1.98. The SMILES string of the molecule is CCc1cc(Nc2cn(C)nc2Br)n(C)n1. The van der Waals surface area contributed by atoms with Crippen LogP contribution in [0.2, 0.25) is 0 Å². The first kappa shape index (κ1) is 11.2. The van der Waals surface area contributed by atoms with Crippen molar-refractivity contribution in [2.45, 2.75) is 13.3 Å². The van der Waals surface area contributed by atoms with Gasteiger partial charge in [0, 0.05) is 26.4 Å². The highest BCUT2D eigenvalue weighted by Crippen LogP contribution is 2.24. The zero-order valence-corrected chi connectivity index (χ0v) is 11.1. The fraction of sp³-hybridized carbons (Fsp3) is 0.400. The van der Waals surface area contributed by atoms with Crippen molar-refractivity contribution in [3.8, 4) is 0 Å². The number of hydrogen-bond acceptors (Lipinski definition) is 3. The average molecular weight is 284 g/mol. The maximum absolute atomic E-state index is 4.37. The number of halogens is 1. The van der Waals surface area contributed by atoms with Gasteiger partial charge in [-0.25, -0.2) is 0 Å². The predicted molar refractivity (Wildman–Crippen MR) is 66.8 cm³/mol. The zero-order valence-electron chi connectivity index (χ0n) is 9.53. The van der Waals surface area contributed by atoms with E-state index < -0.39 is 0 Å². The summed E-state index contributed by atoms with van der Waals surface area (Å²) in [6, 6.07) is 2.04. The van der Waals surface area contributed by atoms with Crippen molar-refractivity contribution in [3.05, 3.63) is 22.6 Å². The van der Waals surface area contributed by atoms with E-state index in [0.29, 0.717) is 0 Å². The predicted octanol–water partition coefficient (Wildman–Crippen LogP) is 2.22. The van der Waals surface area contributed by atoms with Gasteiger partial charge in [-0.3, -0.25) is 9.36 Å². The maximum atomic E-state index is 4.37. The molecule has 0 aliphatic carbocycles. The number of aryl methyl sites for hydroxylation is 3. The largest absolute Gasteiger partial charge is 0.337 e. The van der Waals surface area contributed by atoms with Crippen LogP contribution in [0.1, 0.15) is 12.6 Å². The van der Waals surface area contributed by atoms with Crippen molar-refractivity contribution in [1.82, 2.24) is 19.6 Å². The van der Waals surface area contributed by atoms with E-state index in [0.717, 1.165) is 28.2 Å². The molecule has 0 aliphatic rings. The van der Waals surface area contributed by atoms with Crippen molar-refractivity contribution in [2.75, 3.05) is 5.32 Å². The molecule has 0 saturated heterocycles. The molecule has 0 radical (unpaired) electrons. The number of anilines is 2. The standard InChI is InChI=1S/C10H14BrN5/c1-4-7-5-9(16(3)13-7)12-8-6-15(2)14-10(8)11/h5-6,12H,4H2,1-3H3. The lowest BCUT2D eigenvalue weighted by atomic mass is 10.3. The number of hydrogen-bond donors (Lipinski definition) is 1. The molecule has 5 nitrogen and oxygen atoms in total. The molecule has 2 aromatic heterocycles. The highest BCUT2D eigenvalue weighted by atomic mass is 79.9. The van der Waals surface area contributed by atoms with E-state index in [4.69, 9.17) is 0 Å². The Morgan fingerprint density at radius 2 is 2.12 bits per heavy atom. The average Bonchev–Trinajstić information content (AvgIpc) is 2.72. The van der Waals surface area contributed by atoms with Crippen LogP contribution in [-0.2, 0) is 20.5 Å². The molecule has 16 heavy (non-hydrogen) atoms. The van der Waals surface area contributed by atoms with Gasteiger partial charge in [0.25, 0.3) is 0 Å². The normalized spacial score (nSPS) is 10.8. The van der Waals surface area contributed by atoms with E-state index in [9.17, 15) is 0 Å². The summed E-state index contributed by atoms with van der Waals surface area (Å²) in [5.74, 6) is 0.963. The monoisotopic (exact) mass is 283 g/mol. The summed E-state index contributed by atoms with van der Waals surface area (Å²) in [6.07, 6.45) is 2.85. The van der Waals surface area contributed by atoms with Crippen molar-refractivity contribution in [1.29, 1.82) is 0 Å². The zero-order chi connectivity index (χ0) is 11.7. The van der Waals surface area contributed by atoms with Gasteiger partial charge in [0.1, 0.15) is 5.82 Å². The summed E-state index contributed by atoms with van der Waals surface area (Å²) in [7, 11) is 3.81. The van der Waals surface area contributed by atoms with Gasteiger partial charge in [-0.1, -0.05) is 6.92 Å². The number of aromatic nitrogens is 4. The van der Waals surface area contributed by atoms with Crippen LogP contribution in [0, 0.1) is 0 Å². The fourth-order valence-corrected chi connectivity index (χ4v) is 1.95. The molecule has 0 amide bonds. The Bertz CT molecular complexity index is 499. The Morgan fingerprint density at radius 3 is 2.62 bits per heavy atom. The Balaban J connectivity index is 2.26. The van der Waals surface area contributed by atoms with Crippen LogP contribution in [0.25, 0.3) is 0 Å². The lowest BCUT2D eigenvalue weighted by molar-refractivity contribution is 0.753. The molecule has 0 bridgehead atoms. The Morgan fingerprint density at radius 1 is 1.38 bits per heavy atom. The van der Waals surface area contributed by atoms with E-state index in [-0.39, 0.29) is 0 Å². The van der Waals surface area contributed by atoms with E-state index in [1.54, 1.807) is 4.68 Å². The first-order valence-corrected chi connectivity index (χ1v) is 5.88. The number of nitrogens with zero attached hydrogens (tertiary/aromatic N) is 4. The third kappa shape index (κ3) is 2.11. The van der Waals surface area contributed by atoms with Crippen molar-refractivity contribution >= 4 is 27.4 Å². The molecular weight excluding hydrogens is 270 g/mol. The summed E-state index contributed by atoms with van der Waals surface area (Å²) in [5.41, 5.74) is 2.01. The molecule has 0 aromatic carbocycles. The topological polar surface area (TPSA) is 47.7 Å². The highest BCUT2D eigenvalue weighted by molar-refractivity contribution is 9.10. The minimum absolute atomic E-state index is 0.800. The van der Waals surface area contributed by atoms with Crippen LogP contribution in [0.3, 0.4) is 0 Å². The summed E-state index contributed by atoms with van der Waals surface area (Å²) in [5, 5.41) is 11.9. The minimum atomic E-state index is 0.800. The summed E-state index contributed by atoms with van der Waals surface area (Å²) < 4.78 is 4.39. The molecule has 86 valence electrons. The molecule has 2 rings (SSSR count). The molecule has 0 fully saturated rings. The molecule has 0 aliphatic heterocycles. The summed E-state index contributed by atoms with van der Waals surface area (Å²) >= 11 is 3.40. The van der Waals surface area contributed by atoms with Crippen LogP contribution in [0.5, 0.6) is 0 Å². The van der Waals surface area contributed by atoms with Gasteiger partial charge in [-0.15, -0.1) is 0 Å². The second-order valence-electron chi connectivity index (χ2n) is 3.63. The summed E-state index contributed by atoms with van der Waals surface area (Å²) in [4.78, 5) is 0. The van der Waals surface area contributed by atoms with Gasteiger partial charge in [0.2, 0.25) is 0 Å². The van der Waals surface area contributed by atoms with Gasteiger partial charge >= 0.3 is 0 Å². The van der Waals surface area contributed by atoms with Gasteiger partial charge < -0.3 is 5.32 Å². The first-order chi connectivity index (χ1) is 7.60. The van der Waals surface area contributed by atoms with Crippen LogP contribution in [-0.4, -0.2) is 19.6 Å². The quantitative estimate of drug-likeness (QED) is 0.940. The first-order valence-electron chi connectivity index (χ1n) is 5.09. The summed E-state index contributed by atoms with van der Waals surface area (Å²) in [6.45, 7) is 2.09. The smallest absolute Gasteiger partial charge is 0.151 e. The molecule has 2 heterocycles. The second kappa shape index (κ2) is 4.29. The molecule has 2 aromatic rings. The molecule has 0 saturated carbocycles. The van der Waals surface area contributed by atoms with Gasteiger partial charge in [0.05, 0.1) is 11.4 Å².